The van der Waals surface area contributed by atoms with Gasteiger partial charge in [-0.15, -0.1) is 0 Å². The number of anilines is 1. The predicted molar refractivity (Wildman–Crippen MR) is 87.7 cm³/mol. The zero-order valence-corrected chi connectivity index (χ0v) is 13.6. The van der Waals surface area contributed by atoms with Crippen molar-refractivity contribution >= 4 is 23.4 Å². The van der Waals surface area contributed by atoms with Crippen LogP contribution in [0.15, 0.2) is 24.3 Å². The number of hydrogen-bond donors (Lipinski definition) is 2. The fourth-order valence-electron chi connectivity index (χ4n) is 2.98. The molecule has 1 fully saturated rings. The molecule has 2 aliphatic heterocycles. The first-order valence-electron chi connectivity index (χ1n) is 8.20. The molecule has 3 rings (SSSR count). The van der Waals surface area contributed by atoms with Crippen LogP contribution in [0.3, 0.4) is 0 Å². The quantitative estimate of drug-likeness (QED) is 0.845. The molecule has 1 aromatic carbocycles. The van der Waals surface area contributed by atoms with Crippen LogP contribution in [0.25, 0.3) is 0 Å². The van der Waals surface area contributed by atoms with Gasteiger partial charge < -0.3 is 20.3 Å². The van der Waals surface area contributed by atoms with Crippen LogP contribution in [-0.2, 0) is 14.4 Å². The van der Waals surface area contributed by atoms with Gasteiger partial charge in [-0.25, -0.2) is 0 Å². The second kappa shape index (κ2) is 6.90. The lowest BCUT2D eigenvalue weighted by molar-refractivity contribution is -0.130. The monoisotopic (exact) mass is 331 g/mol. The Morgan fingerprint density at radius 3 is 2.96 bits per heavy atom. The van der Waals surface area contributed by atoms with Gasteiger partial charge in [0.05, 0.1) is 5.69 Å². The van der Waals surface area contributed by atoms with Crippen LogP contribution < -0.4 is 20.3 Å². The van der Waals surface area contributed by atoms with Crippen molar-refractivity contribution in [3.63, 3.8) is 0 Å². The molecule has 1 aromatic rings. The minimum Gasteiger partial charge on any atom is -0.479 e. The summed E-state index contributed by atoms with van der Waals surface area (Å²) in [4.78, 5) is 37.7. The van der Waals surface area contributed by atoms with E-state index in [1.165, 1.54) is 0 Å². The molecule has 0 aromatic heterocycles. The highest BCUT2D eigenvalue weighted by molar-refractivity contribution is 6.00. The van der Waals surface area contributed by atoms with E-state index in [1.807, 2.05) is 12.1 Å². The van der Waals surface area contributed by atoms with Gasteiger partial charge in [0.15, 0.2) is 6.10 Å². The Balaban J connectivity index is 1.62. The third-order valence-corrected chi connectivity index (χ3v) is 4.26. The van der Waals surface area contributed by atoms with Crippen LogP contribution in [0.2, 0.25) is 0 Å². The second-order valence-corrected chi connectivity index (χ2v) is 6.02. The van der Waals surface area contributed by atoms with E-state index in [-0.39, 0.29) is 30.7 Å². The molecule has 3 amide bonds. The van der Waals surface area contributed by atoms with E-state index >= 15 is 0 Å². The number of nitrogens with one attached hydrogen (secondary N) is 2. The van der Waals surface area contributed by atoms with E-state index in [0.717, 1.165) is 6.42 Å². The summed E-state index contributed by atoms with van der Waals surface area (Å²) in [6.45, 7) is 2.60. The van der Waals surface area contributed by atoms with E-state index < -0.39 is 12.1 Å². The smallest absolute Gasteiger partial charge is 0.267 e. The third-order valence-electron chi connectivity index (χ3n) is 4.26. The molecule has 0 spiro atoms. The van der Waals surface area contributed by atoms with Crippen molar-refractivity contribution in [2.75, 3.05) is 18.0 Å². The summed E-state index contributed by atoms with van der Waals surface area (Å²) in [5.74, 6) is 0.0890. The van der Waals surface area contributed by atoms with E-state index in [2.05, 4.69) is 10.6 Å². The maximum Gasteiger partial charge on any atom is 0.267 e. The summed E-state index contributed by atoms with van der Waals surface area (Å²) in [5.41, 5.74) is 0.670. The number of hydrogen-bond acceptors (Lipinski definition) is 4. The SMILES string of the molecule is CC1Oc2ccccc2N(CCC(=O)NC2CCCNC2=O)C1=O. The standard InChI is InChI=1S/C17H21N3O4/c1-11-17(23)20(13-6-2-3-7-14(13)24-11)10-8-15(21)19-12-5-4-9-18-16(12)22/h2-3,6-7,11-12H,4-5,8-10H2,1H3,(H,18,22)(H,19,21). The highest BCUT2D eigenvalue weighted by Crippen LogP contribution is 2.33. The molecular weight excluding hydrogens is 310 g/mol. The molecule has 2 N–H and O–H groups in total. The lowest BCUT2D eigenvalue weighted by atomic mass is 10.1. The topological polar surface area (TPSA) is 87.7 Å². The first-order valence-corrected chi connectivity index (χ1v) is 8.20. The van der Waals surface area contributed by atoms with Gasteiger partial charge in [-0.3, -0.25) is 14.4 Å². The van der Waals surface area contributed by atoms with Gasteiger partial charge in [-0.05, 0) is 31.9 Å². The molecule has 7 heteroatoms. The number of nitrogens with zero attached hydrogens (tertiary/aromatic N) is 1. The number of ether oxygens (including phenoxy) is 1. The largest absolute Gasteiger partial charge is 0.479 e. The minimum absolute atomic E-state index is 0.135. The average molecular weight is 331 g/mol. The normalized spacial score (nSPS) is 23.1. The number of para-hydroxylation sites is 2. The molecule has 24 heavy (non-hydrogen) atoms. The molecule has 0 radical (unpaired) electrons. The number of fused-ring (bicyclic) bond motifs is 1. The van der Waals surface area contributed by atoms with Crippen molar-refractivity contribution < 1.29 is 19.1 Å². The summed E-state index contributed by atoms with van der Waals surface area (Å²) >= 11 is 0. The highest BCUT2D eigenvalue weighted by Gasteiger charge is 2.31. The predicted octanol–water partition coefficient (Wildman–Crippen LogP) is 0.585. The van der Waals surface area contributed by atoms with Crippen molar-refractivity contribution in [1.29, 1.82) is 0 Å². The fourth-order valence-corrected chi connectivity index (χ4v) is 2.98. The fraction of sp³-hybridized carbons (Fsp3) is 0.471. The van der Waals surface area contributed by atoms with Crippen molar-refractivity contribution in [1.82, 2.24) is 10.6 Å². The second-order valence-electron chi connectivity index (χ2n) is 6.02. The van der Waals surface area contributed by atoms with E-state index in [1.54, 1.807) is 24.0 Å². The maximum absolute atomic E-state index is 12.3. The van der Waals surface area contributed by atoms with Crippen molar-refractivity contribution in [2.45, 2.75) is 38.3 Å². The van der Waals surface area contributed by atoms with Crippen LogP contribution in [0.1, 0.15) is 26.2 Å². The summed E-state index contributed by atoms with van der Waals surface area (Å²) in [6.07, 6.45) is 1.06. The first-order chi connectivity index (χ1) is 11.6. The lowest BCUT2D eigenvalue weighted by Gasteiger charge is -2.33. The first kappa shape index (κ1) is 16.3. The highest BCUT2D eigenvalue weighted by atomic mass is 16.5. The zero-order valence-electron chi connectivity index (χ0n) is 13.6. The summed E-state index contributed by atoms with van der Waals surface area (Å²) in [5, 5.41) is 5.47. The van der Waals surface area contributed by atoms with E-state index in [4.69, 9.17) is 4.74 Å². The molecule has 2 atom stereocenters. The molecule has 0 saturated carbocycles. The molecule has 1 saturated heterocycles. The summed E-state index contributed by atoms with van der Waals surface area (Å²) in [6, 6.07) is 6.79. The van der Waals surface area contributed by atoms with Crippen LogP contribution in [0.5, 0.6) is 5.75 Å². The Hall–Kier alpha value is -2.57. The average Bonchev–Trinajstić information content (AvgIpc) is 2.57. The van der Waals surface area contributed by atoms with Crippen molar-refractivity contribution in [3.8, 4) is 5.75 Å². The van der Waals surface area contributed by atoms with Crippen LogP contribution >= 0.6 is 0 Å². The molecule has 0 aliphatic carbocycles. The zero-order chi connectivity index (χ0) is 17.1. The van der Waals surface area contributed by atoms with E-state index in [0.29, 0.717) is 24.4 Å². The maximum atomic E-state index is 12.3. The molecule has 2 heterocycles. The molecular formula is C17H21N3O4. The van der Waals surface area contributed by atoms with Gasteiger partial charge in [0.1, 0.15) is 11.8 Å². The number of rotatable bonds is 4. The number of benzene rings is 1. The van der Waals surface area contributed by atoms with Gasteiger partial charge in [-0.1, -0.05) is 12.1 Å². The Morgan fingerprint density at radius 1 is 1.38 bits per heavy atom. The number of amides is 3. The van der Waals surface area contributed by atoms with Gasteiger partial charge in [-0.2, -0.15) is 0 Å². The van der Waals surface area contributed by atoms with Gasteiger partial charge in [0, 0.05) is 19.5 Å². The summed E-state index contributed by atoms with van der Waals surface area (Å²) < 4.78 is 5.57. The van der Waals surface area contributed by atoms with Gasteiger partial charge in [0.25, 0.3) is 5.91 Å². The van der Waals surface area contributed by atoms with Gasteiger partial charge >= 0.3 is 0 Å². The Labute approximate surface area is 140 Å². The third kappa shape index (κ3) is 3.34. The molecule has 7 nitrogen and oxygen atoms in total. The van der Waals surface area contributed by atoms with E-state index in [9.17, 15) is 14.4 Å². The molecule has 2 aliphatic rings. The Bertz CT molecular complexity index is 661. The molecule has 0 bridgehead atoms. The number of carbonyl (C=O) groups is 3. The van der Waals surface area contributed by atoms with Gasteiger partial charge in [0.2, 0.25) is 11.8 Å². The Morgan fingerprint density at radius 2 is 2.17 bits per heavy atom. The number of piperidine rings is 1. The lowest BCUT2D eigenvalue weighted by Crippen LogP contribution is -2.51. The molecule has 2 unspecified atom stereocenters. The Kier molecular flexibility index (Phi) is 4.69. The van der Waals surface area contributed by atoms with Crippen LogP contribution in [0, 0.1) is 0 Å². The van der Waals surface area contributed by atoms with Crippen molar-refractivity contribution in [2.24, 2.45) is 0 Å². The van der Waals surface area contributed by atoms with Crippen LogP contribution in [0.4, 0.5) is 5.69 Å². The minimum atomic E-state index is -0.577. The summed E-state index contributed by atoms with van der Waals surface area (Å²) in [7, 11) is 0. The van der Waals surface area contributed by atoms with Crippen LogP contribution in [-0.4, -0.2) is 43.0 Å². The van der Waals surface area contributed by atoms with Crippen molar-refractivity contribution in [3.05, 3.63) is 24.3 Å². The molecule has 128 valence electrons. The number of carbonyl (C=O) groups excluding carboxylic acids is 3.